The fraction of sp³-hybridized carbons (Fsp3) is 0.750. The molecule has 1 saturated heterocycles. The van der Waals surface area contributed by atoms with E-state index in [1.54, 1.807) is 0 Å². The summed E-state index contributed by atoms with van der Waals surface area (Å²) in [4.78, 5) is 10.3. The monoisotopic (exact) mass is 119 g/mol. The average molecular weight is 119 g/mol. The molecule has 1 aliphatic rings. The van der Waals surface area contributed by atoms with E-state index < -0.39 is 12.0 Å². The van der Waals surface area contributed by atoms with Crippen LogP contribution >= 0.6 is 0 Å². The zero-order valence-corrected chi connectivity index (χ0v) is 4.43. The molecule has 0 spiro atoms. The molecule has 0 aromatic carbocycles. The maximum atomic E-state index is 11.7. The summed E-state index contributed by atoms with van der Waals surface area (Å²) in [5.41, 5.74) is 0. The Balaban J connectivity index is 2.28. The maximum Gasteiger partial charge on any atom is 0.327 e. The fourth-order valence-corrected chi connectivity index (χ4v) is 0.443. The molecule has 1 heterocycles. The van der Waals surface area contributed by atoms with Gasteiger partial charge in [-0.2, -0.15) is 0 Å². The molecule has 0 radical (unpaired) electrons. The van der Waals surface area contributed by atoms with Gasteiger partial charge in [0.15, 0.2) is 6.04 Å². The molecule has 2 unspecified atom stereocenters. The van der Waals surface area contributed by atoms with Crippen molar-refractivity contribution < 1.29 is 14.0 Å². The predicted molar refractivity (Wildman–Crippen MR) is 23.6 cm³/mol. The Morgan fingerprint density at radius 3 is 2.62 bits per heavy atom. The Kier molecular flexibility index (Phi) is 1.17. The number of hydrogen-bond donors (Lipinski definition) is 0. The molecule has 8 heavy (non-hydrogen) atoms. The second-order valence-corrected chi connectivity index (χ2v) is 1.62. The Labute approximate surface area is 46.0 Å². The van der Waals surface area contributed by atoms with Crippen LogP contribution in [0, 0.1) is 0 Å². The van der Waals surface area contributed by atoms with Gasteiger partial charge in [0.05, 0.1) is 13.7 Å². The molecule has 4 heteroatoms. The third kappa shape index (κ3) is 0.790. The van der Waals surface area contributed by atoms with Gasteiger partial charge in [-0.25, -0.2) is 0 Å². The quantitative estimate of drug-likeness (QED) is 0.270. The number of carbonyl (C=O) groups excluding carboxylic acids is 1. The van der Waals surface area contributed by atoms with Gasteiger partial charge in [-0.05, 0) is 0 Å². The van der Waals surface area contributed by atoms with Crippen LogP contribution in [-0.2, 0) is 9.53 Å². The molecular formula is C4H6FNO2. The molecule has 1 aliphatic heterocycles. The molecule has 2 atom stereocenters. The van der Waals surface area contributed by atoms with Gasteiger partial charge >= 0.3 is 5.97 Å². The van der Waals surface area contributed by atoms with Crippen molar-refractivity contribution in [2.45, 2.75) is 6.04 Å². The summed E-state index contributed by atoms with van der Waals surface area (Å²) in [6.07, 6.45) is 0. The van der Waals surface area contributed by atoms with Crippen molar-refractivity contribution in [2.24, 2.45) is 0 Å². The lowest BCUT2D eigenvalue weighted by Crippen LogP contribution is -2.10. The van der Waals surface area contributed by atoms with E-state index in [2.05, 4.69) is 4.74 Å². The molecule has 1 rings (SSSR count). The second-order valence-electron chi connectivity index (χ2n) is 1.62. The van der Waals surface area contributed by atoms with Gasteiger partial charge in [-0.3, -0.25) is 4.79 Å². The van der Waals surface area contributed by atoms with Crippen LogP contribution in [0.2, 0.25) is 0 Å². The molecule has 0 N–H and O–H groups in total. The number of methoxy groups -OCH3 is 1. The Morgan fingerprint density at radius 2 is 2.50 bits per heavy atom. The van der Waals surface area contributed by atoms with Crippen molar-refractivity contribution in [1.82, 2.24) is 5.12 Å². The minimum absolute atomic E-state index is 0.187. The first-order chi connectivity index (χ1) is 3.75. The summed E-state index contributed by atoms with van der Waals surface area (Å²) >= 11 is 0. The molecule has 3 nitrogen and oxygen atoms in total. The van der Waals surface area contributed by atoms with Crippen LogP contribution in [0.25, 0.3) is 0 Å². The number of carbonyl (C=O) groups is 1. The summed E-state index contributed by atoms with van der Waals surface area (Å²) in [6.45, 7) is 0.187. The largest absolute Gasteiger partial charge is 0.468 e. The minimum atomic E-state index is -0.611. The van der Waals surface area contributed by atoms with Crippen LogP contribution in [0.5, 0.6) is 0 Å². The van der Waals surface area contributed by atoms with Gasteiger partial charge in [-0.1, -0.05) is 0 Å². The average Bonchev–Trinajstić information content (AvgIpc) is 2.45. The van der Waals surface area contributed by atoms with Crippen molar-refractivity contribution >= 4 is 5.97 Å². The van der Waals surface area contributed by atoms with E-state index in [4.69, 9.17) is 0 Å². The van der Waals surface area contributed by atoms with Gasteiger partial charge in [0.1, 0.15) is 0 Å². The van der Waals surface area contributed by atoms with E-state index in [0.29, 0.717) is 5.12 Å². The van der Waals surface area contributed by atoms with Gasteiger partial charge in [0, 0.05) is 0 Å². The van der Waals surface area contributed by atoms with E-state index >= 15 is 0 Å². The molecule has 0 aromatic heterocycles. The molecule has 0 bridgehead atoms. The van der Waals surface area contributed by atoms with Crippen LogP contribution in [0.4, 0.5) is 4.48 Å². The molecule has 46 valence electrons. The fourth-order valence-electron chi connectivity index (χ4n) is 0.443. The van der Waals surface area contributed by atoms with E-state index in [0.717, 1.165) is 0 Å². The number of hydrogen-bond acceptors (Lipinski definition) is 3. The van der Waals surface area contributed by atoms with Crippen molar-refractivity contribution in [3.05, 3.63) is 0 Å². The third-order valence-electron chi connectivity index (χ3n) is 1.03. The lowest BCUT2D eigenvalue weighted by molar-refractivity contribution is -0.142. The third-order valence-corrected chi connectivity index (χ3v) is 1.03. The van der Waals surface area contributed by atoms with Crippen molar-refractivity contribution in [3.63, 3.8) is 0 Å². The van der Waals surface area contributed by atoms with Gasteiger partial charge in [-0.15, -0.1) is 9.60 Å². The van der Waals surface area contributed by atoms with E-state index in [1.807, 2.05) is 0 Å². The first kappa shape index (κ1) is 5.50. The lowest BCUT2D eigenvalue weighted by Gasteiger charge is -1.90. The van der Waals surface area contributed by atoms with Crippen LogP contribution in [-0.4, -0.2) is 30.8 Å². The number of rotatable bonds is 1. The smallest absolute Gasteiger partial charge is 0.327 e. The van der Waals surface area contributed by atoms with Crippen molar-refractivity contribution in [1.29, 1.82) is 0 Å². The van der Waals surface area contributed by atoms with Crippen LogP contribution in [0.15, 0.2) is 0 Å². The molecule has 0 saturated carbocycles. The summed E-state index contributed by atoms with van der Waals surface area (Å²) < 4.78 is 16.0. The van der Waals surface area contributed by atoms with Crippen molar-refractivity contribution in [2.75, 3.05) is 13.7 Å². The first-order valence-electron chi connectivity index (χ1n) is 2.26. The minimum Gasteiger partial charge on any atom is -0.468 e. The van der Waals surface area contributed by atoms with Gasteiger partial charge < -0.3 is 4.74 Å². The zero-order valence-electron chi connectivity index (χ0n) is 4.43. The standard InChI is InChI=1S/C4H6FNO2/c1-8-4(7)3-2-6(3)5/h3H,2H2,1H3. The zero-order chi connectivity index (χ0) is 6.15. The normalized spacial score (nSPS) is 34.2. The molecular weight excluding hydrogens is 113 g/mol. The van der Waals surface area contributed by atoms with E-state index in [9.17, 15) is 9.28 Å². The highest BCUT2D eigenvalue weighted by molar-refractivity contribution is 5.78. The lowest BCUT2D eigenvalue weighted by atomic mass is 10.5. The maximum absolute atomic E-state index is 11.7. The van der Waals surface area contributed by atoms with Gasteiger partial charge in [0.25, 0.3) is 0 Å². The number of esters is 1. The first-order valence-corrected chi connectivity index (χ1v) is 2.26. The highest BCUT2D eigenvalue weighted by atomic mass is 19.2. The molecule has 0 amide bonds. The summed E-state index contributed by atoms with van der Waals surface area (Å²) in [5.74, 6) is -0.493. The van der Waals surface area contributed by atoms with E-state index in [1.165, 1.54) is 7.11 Å². The molecule has 0 aromatic rings. The Bertz CT molecular complexity index is 117. The highest BCUT2D eigenvalue weighted by Crippen LogP contribution is 2.17. The number of nitrogens with zero attached hydrogens (tertiary/aromatic N) is 1. The summed E-state index contributed by atoms with van der Waals surface area (Å²) in [6, 6.07) is -0.611. The Hall–Kier alpha value is -0.640. The number of halogens is 1. The van der Waals surface area contributed by atoms with Crippen molar-refractivity contribution in [3.8, 4) is 0 Å². The SMILES string of the molecule is COC(=O)C1CN1F. The topological polar surface area (TPSA) is 29.3 Å². The Morgan fingerprint density at radius 1 is 2.00 bits per heavy atom. The van der Waals surface area contributed by atoms with Crippen LogP contribution in [0.1, 0.15) is 0 Å². The predicted octanol–water partition coefficient (Wildman–Crippen LogP) is -0.272. The summed E-state index contributed by atoms with van der Waals surface area (Å²) in [5, 5.41) is 0.422. The van der Waals surface area contributed by atoms with Gasteiger partial charge in [0.2, 0.25) is 0 Å². The van der Waals surface area contributed by atoms with Crippen LogP contribution in [0.3, 0.4) is 0 Å². The second kappa shape index (κ2) is 1.70. The summed E-state index contributed by atoms with van der Waals surface area (Å²) in [7, 11) is 1.24. The highest BCUT2D eigenvalue weighted by Gasteiger charge is 2.42. The van der Waals surface area contributed by atoms with E-state index in [-0.39, 0.29) is 6.54 Å². The molecule has 0 aliphatic carbocycles. The molecule has 1 fully saturated rings. The van der Waals surface area contributed by atoms with Crippen LogP contribution < -0.4 is 0 Å². The number of ether oxygens (including phenoxy) is 1.